The number of carbonyl (C=O) groups excluding carboxylic acids is 1. The molecule has 4 nitrogen and oxygen atoms in total. The number of rotatable bonds is 3. The number of aromatic nitrogens is 1. The van der Waals surface area contributed by atoms with E-state index < -0.39 is 23.4 Å². The summed E-state index contributed by atoms with van der Waals surface area (Å²) in [5, 5.41) is 7.90. The highest BCUT2D eigenvalue weighted by Crippen LogP contribution is 2.15. The molecule has 0 bridgehead atoms. The van der Waals surface area contributed by atoms with E-state index in [4.69, 9.17) is 22.7 Å². The monoisotopic (exact) mass is 351 g/mol. The van der Waals surface area contributed by atoms with Crippen molar-refractivity contribution in [3.05, 3.63) is 63.5 Å². The summed E-state index contributed by atoms with van der Waals surface area (Å²) in [6, 6.07) is 2.29. The third-order valence-corrected chi connectivity index (χ3v) is 3.01. The first-order chi connectivity index (χ1) is 9.79. The summed E-state index contributed by atoms with van der Waals surface area (Å²) in [5.74, 6) is -4.37. The Morgan fingerprint density at radius 3 is 2.36 bits per heavy atom. The average molecular weight is 352 g/mol. The molecule has 0 atom stereocenters. The lowest BCUT2D eigenvalue weighted by Gasteiger charge is -2.11. The van der Waals surface area contributed by atoms with Crippen molar-refractivity contribution in [2.24, 2.45) is 5.73 Å². The molecule has 9 heteroatoms. The Morgan fingerprint density at radius 2 is 1.77 bits per heavy atom. The number of primary amides is 1. The zero-order valence-corrected chi connectivity index (χ0v) is 12.4. The second-order valence-electron chi connectivity index (χ2n) is 4.27. The van der Waals surface area contributed by atoms with Gasteiger partial charge in [-0.05, 0) is 12.1 Å². The van der Waals surface area contributed by atoms with Crippen molar-refractivity contribution in [1.82, 2.24) is 4.57 Å². The molecule has 3 N–H and O–H groups in total. The number of amides is 1. The summed E-state index contributed by atoms with van der Waals surface area (Å²) >= 11 is 5.79. The van der Waals surface area contributed by atoms with Gasteiger partial charge in [-0.2, -0.15) is 0 Å². The highest BCUT2D eigenvalue weighted by atomic mass is 35.5. The van der Waals surface area contributed by atoms with Crippen LogP contribution in [0.3, 0.4) is 0 Å². The Bertz CT molecular complexity index is 793. The zero-order valence-electron chi connectivity index (χ0n) is 10.9. The predicted octanol–water partition coefficient (Wildman–Crippen LogP) is 2.61. The molecule has 0 aliphatic rings. The predicted molar refractivity (Wildman–Crippen MR) is 76.5 cm³/mol. The van der Waals surface area contributed by atoms with Gasteiger partial charge in [0.25, 0.3) is 5.91 Å². The Labute approximate surface area is 134 Å². The number of benzene rings is 1. The SMILES string of the molecule is Cl.N=c1c(C(N)=O)cc(Cl)cn1Cc1cc(F)c(F)cc1F. The van der Waals surface area contributed by atoms with E-state index >= 15 is 0 Å². The van der Waals surface area contributed by atoms with Crippen LogP contribution in [0.2, 0.25) is 5.02 Å². The summed E-state index contributed by atoms with van der Waals surface area (Å²) in [5.41, 5.74) is 4.44. The van der Waals surface area contributed by atoms with Gasteiger partial charge in [-0.25, -0.2) is 13.2 Å². The summed E-state index contributed by atoms with van der Waals surface area (Å²) in [7, 11) is 0. The second-order valence-corrected chi connectivity index (χ2v) is 4.71. The van der Waals surface area contributed by atoms with E-state index in [0.717, 1.165) is 4.57 Å². The Kier molecular flexibility index (Phi) is 5.62. The molecule has 0 aliphatic carbocycles. The lowest BCUT2D eigenvalue weighted by molar-refractivity contribution is 0.0998. The molecule has 0 spiro atoms. The third-order valence-electron chi connectivity index (χ3n) is 2.80. The number of pyridine rings is 1. The van der Waals surface area contributed by atoms with Crippen LogP contribution in [0.25, 0.3) is 0 Å². The van der Waals surface area contributed by atoms with E-state index in [1.807, 2.05) is 0 Å². The zero-order chi connectivity index (χ0) is 15.7. The number of nitrogens with two attached hydrogens (primary N) is 1. The second kappa shape index (κ2) is 6.85. The summed E-state index contributed by atoms with van der Waals surface area (Å²) in [6.07, 6.45) is 1.26. The van der Waals surface area contributed by atoms with Gasteiger partial charge in [-0.1, -0.05) is 11.6 Å². The molecule has 2 rings (SSSR count). The maximum atomic E-state index is 13.6. The molecule has 1 amide bonds. The molecular formula is C13H10Cl2F3N3O. The first kappa shape index (κ1) is 18.1. The van der Waals surface area contributed by atoms with Crippen LogP contribution in [0.15, 0.2) is 24.4 Å². The largest absolute Gasteiger partial charge is 0.365 e. The number of carbonyl (C=O) groups is 1. The Balaban J connectivity index is 0.00000242. The fraction of sp³-hybridized carbons (Fsp3) is 0.0769. The van der Waals surface area contributed by atoms with Crippen molar-refractivity contribution in [2.75, 3.05) is 0 Å². The fourth-order valence-electron chi connectivity index (χ4n) is 1.79. The van der Waals surface area contributed by atoms with Crippen molar-refractivity contribution in [3.63, 3.8) is 0 Å². The normalized spacial score (nSPS) is 10.2. The molecule has 1 heterocycles. The fourth-order valence-corrected chi connectivity index (χ4v) is 2.02. The van der Waals surface area contributed by atoms with Crippen molar-refractivity contribution >= 4 is 29.9 Å². The van der Waals surface area contributed by atoms with E-state index in [1.54, 1.807) is 0 Å². The molecule has 0 saturated carbocycles. The molecule has 1 aromatic carbocycles. The summed E-state index contributed by atoms with van der Waals surface area (Å²) in [6.45, 7) is -0.303. The van der Waals surface area contributed by atoms with Crippen LogP contribution >= 0.6 is 24.0 Å². The third kappa shape index (κ3) is 3.61. The van der Waals surface area contributed by atoms with Gasteiger partial charge in [-0.3, -0.25) is 10.2 Å². The lowest BCUT2D eigenvalue weighted by Crippen LogP contribution is -2.30. The number of nitrogens with one attached hydrogen (secondary N) is 1. The van der Waals surface area contributed by atoms with Crippen LogP contribution < -0.4 is 11.2 Å². The first-order valence-electron chi connectivity index (χ1n) is 5.67. The molecule has 0 saturated heterocycles. The van der Waals surface area contributed by atoms with Gasteiger partial charge in [0.1, 0.15) is 11.3 Å². The molecular weight excluding hydrogens is 342 g/mol. The topological polar surface area (TPSA) is 71.9 Å². The lowest BCUT2D eigenvalue weighted by atomic mass is 10.2. The van der Waals surface area contributed by atoms with Crippen molar-refractivity contribution in [2.45, 2.75) is 6.54 Å². The number of halogens is 5. The van der Waals surface area contributed by atoms with Gasteiger partial charge in [0.2, 0.25) is 0 Å². The summed E-state index contributed by atoms with van der Waals surface area (Å²) in [4.78, 5) is 11.2. The minimum Gasteiger partial charge on any atom is -0.365 e. The molecule has 0 aliphatic heterocycles. The molecule has 2 aromatic rings. The Morgan fingerprint density at radius 1 is 1.18 bits per heavy atom. The van der Waals surface area contributed by atoms with Crippen LogP contribution in [-0.4, -0.2) is 10.5 Å². The minimum atomic E-state index is -1.31. The van der Waals surface area contributed by atoms with Gasteiger partial charge < -0.3 is 10.3 Å². The van der Waals surface area contributed by atoms with Gasteiger partial charge in [0, 0.05) is 17.8 Å². The van der Waals surface area contributed by atoms with E-state index in [1.165, 1.54) is 12.3 Å². The van der Waals surface area contributed by atoms with Crippen molar-refractivity contribution in [3.8, 4) is 0 Å². The highest BCUT2D eigenvalue weighted by Gasteiger charge is 2.13. The average Bonchev–Trinajstić information content (AvgIpc) is 2.39. The molecule has 22 heavy (non-hydrogen) atoms. The molecule has 1 aromatic heterocycles. The quantitative estimate of drug-likeness (QED) is 0.819. The van der Waals surface area contributed by atoms with Crippen LogP contribution in [0.4, 0.5) is 13.2 Å². The van der Waals surface area contributed by atoms with E-state index in [2.05, 4.69) is 0 Å². The Hall–Kier alpha value is -1.99. The number of hydrogen-bond acceptors (Lipinski definition) is 2. The summed E-state index contributed by atoms with van der Waals surface area (Å²) < 4.78 is 40.7. The van der Waals surface area contributed by atoms with Crippen molar-refractivity contribution < 1.29 is 18.0 Å². The minimum absolute atomic E-state index is 0. The van der Waals surface area contributed by atoms with Gasteiger partial charge in [-0.15, -0.1) is 12.4 Å². The van der Waals surface area contributed by atoms with Crippen LogP contribution in [0.5, 0.6) is 0 Å². The van der Waals surface area contributed by atoms with Gasteiger partial charge >= 0.3 is 0 Å². The van der Waals surface area contributed by atoms with Crippen LogP contribution in [-0.2, 0) is 6.54 Å². The highest BCUT2D eigenvalue weighted by molar-refractivity contribution is 6.30. The van der Waals surface area contributed by atoms with E-state index in [0.29, 0.717) is 12.1 Å². The number of hydrogen-bond donors (Lipinski definition) is 2. The standard InChI is InChI=1S/C13H9ClF3N3O.ClH/c14-7-2-8(13(19)21)12(18)20(5-7)4-6-1-10(16)11(17)3-9(6)15;/h1-3,5,18H,4H2,(H2,19,21);1H. The van der Waals surface area contributed by atoms with Crippen LogP contribution in [0, 0.1) is 22.9 Å². The van der Waals surface area contributed by atoms with Crippen LogP contribution in [0.1, 0.15) is 15.9 Å². The maximum absolute atomic E-state index is 13.6. The van der Waals surface area contributed by atoms with E-state index in [9.17, 15) is 18.0 Å². The number of nitrogens with zero attached hydrogens (tertiary/aromatic N) is 1. The van der Waals surface area contributed by atoms with Crippen molar-refractivity contribution in [1.29, 1.82) is 5.41 Å². The molecule has 0 fully saturated rings. The van der Waals surface area contributed by atoms with Gasteiger partial charge in [0.05, 0.1) is 17.1 Å². The first-order valence-corrected chi connectivity index (χ1v) is 6.05. The maximum Gasteiger partial charge on any atom is 0.252 e. The molecule has 118 valence electrons. The smallest absolute Gasteiger partial charge is 0.252 e. The molecule has 0 radical (unpaired) electrons. The molecule has 0 unspecified atom stereocenters. The van der Waals surface area contributed by atoms with Gasteiger partial charge in [0.15, 0.2) is 11.6 Å². The van der Waals surface area contributed by atoms with E-state index in [-0.39, 0.29) is 40.6 Å².